The molecular weight excluding hydrogens is 282 g/mol. The Morgan fingerprint density at radius 3 is 2.89 bits per heavy atom. The number of carbonyl (C=O) groups is 1. The van der Waals surface area contributed by atoms with E-state index in [4.69, 9.17) is 0 Å². The predicted octanol–water partition coefficient (Wildman–Crippen LogP) is 2.02. The first kappa shape index (κ1) is 13.9. The second-order valence-electron chi connectivity index (χ2n) is 4.07. The van der Waals surface area contributed by atoms with E-state index in [1.54, 1.807) is 16.8 Å². The molecule has 0 aliphatic heterocycles. The third kappa shape index (κ3) is 3.98. The highest BCUT2D eigenvalue weighted by atomic mass is 32.1. The molecule has 0 radical (unpaired) electrons. The average Bonchev–Trinajstić information content (AvgIpc) is 3.01. The van der Waals surface area contributed by atoms with Crippen molar-refractivity contribution in [1.29, 1.82) is 0 Å². The molecule has 1 atom stereocenters. The summed E-state index contributed by atoms with van der Waals surface area (Å²) in [5, 5.41) is 15.4. The van der Waals surface area contributed by atoms with E-state index in [1.807, 2.05) is 25.5 Å². The molecule has 2 N–H and O–H groups in total. The van der Waals surface area contributed by atoms with Gasteiger partial charge in [0.1, 0.15) is 5.51 Å². The molecule has 0 fully saturated rings. The van der Waals surface area contributed by atoms with E-state index in [9.17, 15) is 4.79 Å². The van der Waals surface area contributed by atoms with Crippen LogP contribution in [0, 0.1) is 0 Å². The van der Waals surface area contributed by atoms with E-state index in [-0.39, 0.29) is 12.1 Å². The lowest BCUT2D eigenvalue weighted by molar-refractivity contribution is 0.244. The first-order chi connectivity index (χ1) is 9.16. The Bertz CT molecular complexity index is 497. The number of amides is 2. The molecule has 2 aromatic heterocycles. The molecule has 0 spiro atoms. The van der Waals surface area contributed by atoms with Gasteiger partial charge in [0, 0.05) is 11.4 Å². The van der Waals surface area contributed by atoms with Crippen LogP contribution in [-0.4, -0.2) is 41.8 Å². The van der Waals surface area contributed by atoms with Crippen LogP contribution in [0.4, 0.5) is 9.93 Å². The highest BCUT2D eigenvalue weighted by Gasteiger charge is 2.16. The van der Waals surface area contributed by atoms with Gasteiger partial charge in [-0.05, 0) is 25.5 Å². The molecule has 0 aliphatic carbocycles. The van der Waals surface area contributed by atoms with Crippen molar-refractivity contribution in [3.8, 4) is 0 Å². The van der Waals surface area contributed by atoms with Gasteiger partial charge in [0.2, 0.25) is 5.13 Å². The minimum absolute atomic E-state index is 0.167. The largest absolute Gasteiger partial charge is 0.336 e. The number of rotatable bonds is 5. The van der Waals surface area contributed by atoms with Crippen LogP contribution >= 0.6 is 22.7 Å². The number of hydrogen-bond acceptors (Lipinski definition) is 6. The molecule has 8 heteroatoms. The van der Waals surface area contributed by atoms with Gasteiger partial charge in [0.05, 0.1) is 6.04 Å². The van der Waals surface area contributed by atoms with Crippen molar-refractivity contribution < 1.29 is 4.79 Å². The fourth-order valence-electron chi connectivity index (χ4n) is 1.58. The van der Waals surface area contributed by atoms with Gasteiger partial charge in [0.15, 0.2) is 0 Å². The molecule has 102 valence electrons. The van der Waals surface area contributed by atoms with E-state index < -0.39 is 0 Å². The topological polar surface area (TPSA) is 70.2 Å². The number of urea groups is 1. The zero-order chi connectivity index (χ0) is 13.7. The number of nitrogens with one attached hydrogen (secondary N) is 2. The predicted molar refractivity (Wildman–Crippen MR) is 77.7 cm³/mol. The third-order valence-electron chi connectivity index (χ3n) is 2.53. The second-order valence-corrected chi connectivity index (χ2v) is 5.89. The van der Waals surface area contributed by atoms with Crippen LogP contribution in [0.25, 0.3) is 0 Å². The van der Waals surface area contributed by atoms with Crippen molar-refractivity contribution in [2.75, 3.05) is 26.0 Å². The molecule has 2 heterocycles. The van der Waals surface area contributed by atoms with E-state index in [2.05, 4.69) is 31.8 Å². The van der Waals surface area contributed by atoms with Crippen molar-refractivity contribution in [2.24, 2.45) is 0 Å². The van der Waals surface area contributed by atoms with Gasteiger partial charge in [-0.15, -0.1) is 21.5 Å². The van der Waals surface area contributed by atoms with Crippen molar-refractivity contribution in [1.82, 2.24) is 20.4 Å². The van der Waals surface area contributed by atoms with Crippen molar-refractivity contribution in [3.05, 3.63) is 27.9 Å². The molecule has 0 saturated carbocycles. The summed E-state index contributed by atoms with van der Waals surface area (Å²) in [6, 6.07) is 3.98. The maximum atomic E-state index is 11.7. The van der Waals surface area contributed by atoms with E-state index in [0.29, 0.717) is 11.7 Å². The highest BCUT2D eigenvalue weighted by Crippen LogP contribution is 2.22. The molecule has 6 nitrogen and oxygen atoms in total. The number of nitrogens with zero attached hydrogens (tertiary/aromatic N) is 3. The fourth-order valence-corrected chi connectivity index (χ4v) is 2.94. The van der Waals surface area contributed by atoms with Crippen LogP contribution in [0.5, 0.6) is 0 Å². The molecular formula is C11H15N5OS2. The summed E-state index contributed by atoms with van der Waals surface area (Å²) in [7, 11) is 3.99. The lowest BCUT2D eigenvalue weighted by Gasteiger charge is -2.23. The molecule has 2 amide bonds. The normalized spacial score (nSPS) is 12.4. The monoisotopic (exact) mass is 297 g/mol. The van der Waals surface area contributed by atoms with Gasteiger partial charge in [-0.1, -0.05) is 17.4 Å². The minimum Gasteiger partial charge on any atom is -0.336 e. The summed E-state index contributed by atoms with van der Waals surface area (Å²) >= 11 is 2.97. The lowest BCUT2D eigenvalue weighted by Crippen LogP contribution is -2.36. The molecule has 19 heavy (non-hydrogen) atoms. The number of thiophene rings is 1. The lowest BCUT2D eigenvalue weighted by atomic mass is 10.2. The zero-order valence-electron chi connectivity index (χ0n) is 10.7. The maximum absolute atomic E-state index is 11.7. The number of carbonyl (C=O) groups excluding carboxylic acids is 1. The molecule has 0 bridgehead atoms. The number of hydrogen-bond donors (Lipinski definition) is 2. The summed E-state index contributed by atoms with van der Waals surface area (Å²) in [4.78, 5) is 15.0. The number of likely N-dealkylation sites (N-methyl/N-ethyl adjacent to an activating group) is 1. The third-order valence-corrected chi connectivity index (χ3v) is 4.11. The van der Waals surface area contributed by atoms with Crippen molar-refractivity contribution in [2.45, 2.75) is 6.04 Å². The smallest absolute Gasteiger partial charge is 0.321 e. The fraction of sp³-hybridized carbons (Fsp3) is 0.364. The van der Waals surface area contributed by atoms with Crippen LogP contribution in [-0.2, 0) is 0 Å². The first-order valence-corrected chi connectivity index (χ1v) is 7.43. The van der Waals surface area contributed by atoms with Crippen LogP contribution < -0.4 is 10.6 Å². The van der Waals surface area contributed by atoms with Crippen LogP contribution in [0.15, 0.2) is 23.0 Å². The minimum atomic E-state index is -0.264. The molecule has 0 unspecified atom stereocenters. The van der Waals surface area contributed by atoms with E-state index in [0.717, 1.165) is 0 Å². The van der Waals surface area contributed by atoms with Gasteiger partial charge >= 0.3 is 6.03 Å². The molecule has 2 aromatic rings. The van der Waals surface area contributed by atoms with Gasteiger partial charge in [-0.2, -0.15) is 0 Å². The van der Waals surface area contributed by atoms with E-state index >= 15 is 0 Å². The second kappa shape index (κ2) is 6.60. The summed E-state index contributed by atoms with van der Waals surface area (Å²) in [5.74, 6) is 0. The SMILES string of the molecule is CN(C)[C@H](CNC(=O)Nc1nncs1)c1cccs1. The van der Waals surface area contributed by atoms with Crippen LogP contribution in [0.2, 0.25) is 0 Å². The molecule has 0 aromatic carbocycles. The maximum Gasteiger partial charge on any atom is 0.321 e. The Morgan fingerprint density at radius 1 is 1.47 bits per heavy atom. The molecule has 2 rings (SSSR count). The Kier molecular flexibility index (Phi) is 4.83. The summed E-state index contributed by atoms with van der Waals surface area (Å²) in [6.07, 6.45) is 0. The first-order valence-electron chi connectivity index (χ1n) is 5.67. The van der Waals surface area contributed by atoms with Gasteiger partial charge in [-0.3, -0.25) is 5.32 Å². The van der Waals surface area contributed by atoms with Crippen LogP contribution in [0.1, 0.15) is 10.9 Å². The highest BCUT2D eigenvalue weighted by molar-refractivity contribution is 7.13. The Labute approximate surface area is 119 Å². The van der Waals surface area contributed by atoms with Crippen molar-refractivity contribution >= 4 is 33.8 Å². The summed E-state index contributed by atoms with van der Waals surface area (Å²) in [6.45, 7) is 0.540. The van der Waals surface area contributed by atoms with Gasteiger partial charge in [-0.25, -0.2) is 4.79 Å². The quantitative estimate of drug-likeness (QED) is 0.886. The van der Waals surface area contributed by atoms with Gasteiger partial charge < -0.3 is 10.2 Å². The van der Waals surface area contributed by atoms with Crippen LogP contribution in [0.3, 0.4) is 0 Å². The summed E-state index contributed by atoms with van der Waals surface area (Å²) < 4.78 is 0. The Balaban J connectivity index is 1.87. The number of anilines is 1. The standard InChI is InChI=1S/C11H15N5OS2/c1-16(2)8(9-4-3-5-18-9)6-12-10(17)14-11-15-13-7-19-11/h3-5,7-8H,6H2,1-2H3,(H2,12,14,15,17)/t8-/m1/s1. The molecule has 0 saturated heterocycles. The average molecular weight is 297 g/mol. The molecule has 0 aliphatic rings. The Morgan fingerprint density at radius 2 is 2.32 bits per heavy atom. The number of aromatic nitrogens is 2. The summed E-state index contributed by atoms with van der Waals surface area (Å²) in [5.41, 5.74) is 1.57. The Hall–Kier alpha value is -1.51. The van der Waals surface area contributed by atoms with Crippen molar-refractivity contribution in [3.63, 3.8) is 0 Å². The van der Waals surface area contributed by atoms with Gasteiger partial charge in [0.25, 0.3) is 0 Å². The van der Waals surface area contributed by atoms with E-state index in [1.165, 1.54) is 16.2 Å². The zero-order valence-corrected chi connectivity index (χ0v) is 12.3.